The van der Waals surface area contributed by atoms with Gasteiger partial charge in [0, 0.05) is 45.5 Å². The van der Waals surface area contributed by atoms with Crippen LogP contribution in [-0.4, -0.2) is 33.8 Å². The Morgan fingerprint density at radius 2 is 1.69 bits per heavy atom. The van der Waals surface area contributed by atoms with Crippen LogP contribution in [0.25, 0.3) is 16.7 Å². The maximum absolute atomic E-state index is 13.4. The molecule has 1 atom stereocenters. The number of ketones is 1. The number of nitro groups is 1. The van der Waals surface area contributed by atoms with Crippen molar-refractivity contribution in [3.63, 3.8) is 0 Å². The molecule has 4 aromatic rings. The number of benzene rings is 3. The molecule has 36 heavy (non-hydrogen) atoms. The first-order valence-corrected chi connectivity index (χ1v) is 11.1. The number of aliphatic hydroxyl groups is 1. The first kappa shape index (κ1) is 22.9. The number of aromatic amines is 1. The van der Waals surface area contributed by atoms with E-state index in [-0.39, 0.29) is 16.8 Å². The van der Waals surface area contributed by atoms with Crippen LogP contribution in [0.4, 0.5) is 11.4 Å². The fourth-order valence-electron chi connectivity index (χ4n) is 4.66. The summed E-state index contributed by atoms with van der Waals surface area (Å²) in [6.45, 7) is 1.84. The Balaban J connectivity index is 1.76. The van der Waals surface area contributed by atoms with Gasteiger partial charge in [0.2, 0.25) is 0 Å². The number of nitrogens with one attached hydrogen (secondary N) is 1. The zero-order valence-corrected chi connectivity index (χ0v) is 19.4. The Kier molecular flexibility index (Phi) is 5.52. The number of rotatable bonds is 5. The number of fused-ring (bicyclic) bond motifs is 1. The van der Waals surface area contributed by atoms with E-state index < -0.39 is 28.4 Å². The van der Waals surface area contributed by atoms with E-state index in [0.29, 0.717) is 17.0 Å². The normalized spacial score (nSPS) is 17.1. The Bertz CT molecular complexity index is 1550. The largest absolute Gasteiger partial charge is 0.507 e. The van der Waals surface area contributed by atoms with Crippen molar-refractivity contribution in [1.29, 1.82) is 0 Å². The van der Waals surface area contributed by atoms with Gasteiger partial charge in [0.1, 0.15) is 11.5 Å². The van der Waals surface area contributed by atoms with Gasteiger partial charge in [-0.2, -0.15) is 0 Å². The van der Waals surface area contributed by atoms with E-state index in [9.17, 15) is 24.8 Å². The highest BCUT2D eigenvalue weighted by atomic mass is 16.6. The van der Waals surface area contributed by atoms with E-state index >= 15 is 0 Å². The van der Waals surface area contributed by atoms with Gasteiger partial charge in [-0.05, 0) is 49.4 Å². The van der Waals surface area contributed by atoms with Crippen LogP contribution in [0, 0.1) is 17.0 Å². The third kappa shape index (κ3) is 3.58. The number of carbonyl (C=O) groups is 2. The summed E-state index contributed by atoms with van der Waals surface area (Å²) in [6.07, 6.45) is 0. The number of H-pyrrole nitrogens is 1. The number of Topliss-reactive ketones (excluding diaryl/α,β-unsaturated/α-hetero) is 1. The van der Waals surface area contributed by atoms with Crippen molar-refractivity contribution in [3.05, 3.63) is 105 Å². The molecule has 2 heterocycles. The molecule has 0 aliphatic carbocycles. The summed E-state index contributed by atoms with van der Waals surface area (Å²) >= 11 is 0. The topological polar surface area (TPSA) is 126 Å². The Hall–Kier alpha value is -4.92. The number of hydrogen-bond donors (Lipinski definition) is 2. The third-order valence-corrected chi connectivity index (χ3v) is 6.36. The van der Waals surface area contributed by atoms with E-state index in [2.05, 4.69) is 4.98 Å². The molecule has 1 saturated heterocycles. The maximum Gasteiger partial charge on any atom is 0.300 e. The second-order valence-electron chi connectivity index (χ2n) is 8.38. The van der Waals surface area contributed by atoms with Gasteiger partial charge in [-0.1, -0.05) is 18.2 Å². The van der Waals surface area contributed by atoms with Gasteiger partial charge >= 0.3 is 0 Å². The minimum absolute atomic E-state index is 0.0995. The van der Waals surface area contributed by atoms with Crippen LogP contribution in [0.1, 0.15) is 22.9 Å². The van der Waals surface area contributed by atoms with E-state index in [1.165, 1.54) is 36.3 Å². The molecule has 0 saturated carbocycles. The molecule has 2 N–H and O–H groups in total. The predicted molar refractivity (Wildman–Crippen MR) is 134 cm³/mol. The summed E-state index contributed by atoms with van der Waals surface area (Å²) in [7, 11) is 1.53. The van der Waals surface area contributed by atoms with E-state index in [0.717, 1.165) is 16.6 Å². The van der Waals surface area contributed by atoms with Crippen LogP contribution < -0.4 is 9.64 Å². The zero-order valence-electron chi connectivity index (χ0n) is 19.4. The predicted octanol–water partition coefficient (Wildman–Crippen LogP) is 5.02. The van der Waals surface area contributed by atoms with Crippen LogP contribution in [-0.2, 0) is 9.59 Å². The lowest BCUT2D eigenvalue weighted by molar-refractivity contribution is -0.384. The fourth-order valence-corrected chi connectivity index (χ4v) is 4.66. The van der Waals surface area contributed by atoms with Crippen LogP contribution in [0.5, 0.6) is 5.75 Å². The number of non-ortho nitro benzene ring substituents is 1. The van der Waals surface area contributed by atoms with Crippen molar-refractivity contribution >= 4 is 39.7 Å². The minimum atomic E-state index is -0.940. The number of aromatic nitrogens is 1. The molecular weight excluding hydrogens is 462 g/mol. The first-order chi connectivity index (χ1) is 17.3. The lowest BCUT2D eigenvalue weighted by Crippen LogP contribution is -2.29. The van der Waals surface area contributed by atoms with E-state index in [1.807, 2.05) is 31.2 Å². The molecule has 0 spiro atoms. The van der Waals surface area contributed by atoms with Crippen molar-refractivity contribution in [3.8, 4) is 5.75 Å². The maximum atomic E-state index is 13.4. The van der Waals surface area contributed by atoms with Crippen molar-refractivity contribution in [2.24, 2.45) is 0 Å². The molecule has 1 aromatic heterocycles. The Labute approximate surface area is 205 Å². The lowest BCUT2D eigenvalue weighted by atomic mass is 9.93. The molecule has 180 valence electrons. The number of para-hydroxylation sites is 1. The van der Waals surface area contributed by atoms with Gasteiger partial charge in [-0.25, -0.2) is 0 Å². The van der Waals surface area contributed by atoms with Gasteiger partial charge in [-0.3, -0.25) is 24.6 Å². The molecule has 0 radical (unpaired) electrons. The molecule has 1 aliphatic heterocycles. The van der Waals surface area contributed by atoms with Crippen molar-refractivity contribution in [2.45, 2.75) is 13.0 Å². The van der Waals surface area contributed by atoms with Gasteiger partial charge < -0.3 is 14.8 Å². The molecular formula is C27H21N3O6. The molecule has 0 bridgehead atoms. The van der Waals surface area contributed by atoms with Crippen LogP contribution in [0.15, 0.2) is 78.4 Å². The number of anilines is 1. The molecule has 1 aliphatic rings. The second-order valence-corrected chi connectivity index (χ2v) is 8.38. The van der Waals surface area contributed by atoms with Crippen molar-refractivity contribution in [2.75, 3.05) is 12.0 Å². The summed E-state index contributed by atoms with van der Waals surface area (Å²) in [5.41, 5.74) is 2.61. The monoisotopic (exact) mass is 483 g/mol. The molecule has 5 rings (SSSR count). The average Bonchev–Trinajstić information content (AvgIpc) is 3.35. The van der Waals surface area contributed by atoms with Gasteiger partial charge in [0.05, 0.1) is 23.6 Å². The number of aliphatic hydroxyl groups excluding tert-OH is 1. The number of carbonyl (C=O) groups excluding carboxylic acids is 2. The highest BCUT2D eigenvalue weighted by Crippen LogP contribution is 2.45. The summed E-state index contributed by atoms with van der Waals surface area (Å²) in [6, 6.07) is 18.5. The quantitative estimate of drug-likeness (QED) is 0.135. The SMILES string of the molecule is COc1ccc(N2C(=O)C(=O)/C(=C(/O)c3ccc([N+](=O)[O-])cc3)C2c2c(C)[nH]c3ccccc23)cc1. The second kappa shape index (κ2) is 8.70. The summed E-state index contributed by atoms with van der Waals surface area (Å²) in [5, 5.41) is 23.2. The summed E-state index contributed by atoms with van der Waals surface area (Å²) in [4.78, 5) is 42.0. The molecule has 3 aromatic carbocycles. The van der Waals surface area contributed by atoms with Crippen molar-refractivity contribution < 1.29 is 24.4 Å². The van der Waals surface area contributed by atoms with Crippen LogP contribution in [0.2, 0.25) is 0 Å². The number of ether oxygens (including phenoxy) is 1. The number of methoxy groups -OCH3 is 1. The Morgan fingerprint density at radius 1 is 1.03 bits per heavy atom. The van der Waals surface area contributed by atoms with E-state index in [1.54, 1.807) is 24.3 Å². The third-order valence-electron chi connectivity index (χ3n) is 6.36. The van der Waals surface area contributed by atoms with Gasteiger partial charge in [0.25, 0.3) is 17.4 Å². The first-order valence-electron chi connectivity index (χ1n) is 11.1. The number of nitro benzene ring substituents is 1. The smallest absolute Gasteiger partial charge is 0.300 e. The van der Waals surface area contributed by atoms with Gasteiger partial charge in [0.15, 0.2) is 0 Å². The standard InChI is InChI=1S/C27H21N3O6/c1-15-22(20-5-3-4-6-21(20)28-15)24-23(25(31)16-7-9-18(10-8-16)30(34)35)26(32)27(33)29(24)17-11-13-19(36-2)14-12-17/h3-14,24,28,31H,1-2H3/b25-23+. The number of hydrogen-bond acceptors (Lipinski definition) is 6. The fraction of sp³-hybridized carbons (Fsp3) is 0.111. The lowest BCUT2D eigenvalue weighted by Gasteiger charge is -2.26. The minimum Gasteiger partial charge on any atom is -0.507 e. The molecule has 9 heteroatoms. The molecule has 1 fully saturated rings. The van der Waals surface area contributed by atoms with Crippen molar-refractivity contribution in [1.82, 2.24) is 4.98 Å². The summed E-state index contributed by atoms with van der Waals surface area (Å²) < 4.78 is 5.23. The van der Waals surface area contributed by atoms with Crippen LogP contribution >= 0.6 is 0 Å². The Morgan fingerprint density at radius 3 is 2.33 bits per heavy atom. The molecule has 1 unspecified atom stereocenters. The van der Waals surface area contributed by atoms with Gasteiger partial charge in [-0.15, -0.1) is 0 Å². The molecule has 1 amide bonds. The highest BCUT2D eigenvalue weighted by Gasteiger charge is 2.48. The zero-order chi connectivity index (χ0) is 25.6. The van der Waals surface area contributed by atoms with E-state index in [4.69, 9.17) is 4.74 Å². The number of nitrogens with zero attached hydrogens (tertiary/aromatic N) is 2. The average molecular weight is 483 g/mol. The van der Waals surface area contributed by atoms with Crippen LogP contribution in [0.3, 0.4) is 0 Å². The number of amides is 1. The summed E-state index contributed by atoms with van der Waals surface area (Å²) in [5.74, 6) is -1.47. The number of aryl methyl sites for hydroxylation is 1. The highest BCUT2D eigenvalue weighted by molar-refractivity contribution is 6.52. The molecule has 9 nitrogen and oxygen atoms in total.